The van der Waals surface area contributed by atoms with Crippen LogP contribution in [-0.4, -0.2) is 4.98 Å². The molecule has 29 heavy (non-hydrogen) atoms. The molecule has 1 fully saturated rings. The van der Waals surface area contributed by atoms with E-state index in [1.54, 1.807) is 6.07 Å². The van der Waals surface area contributed by atoms with Gasteiger partial charge in [-0.3, -0.25) is 4.98 Å². The first-order valence-electron chi connectivity index (χ1n) is 12.0. The van der Waals surface area contributed by atoms with Crippen LogP contribution >= 0.6 is 0 Å². The number of benzene rings is 1. The van der Waals surface area contributed by atoms with Gasteiger partial charge in [0.15, 0.2) is 0 Å². The molecular weight excluding hydrogens is 357 g/mol. The highest BCUT2D eigenvalue weighted by Crippen LogP contribution is 2.38. The minimum Gasteiger partial charge on any atom is -0.256 e. The number of halogens is 1. The number of rotatable bonds is 10. The van der Waals surface area contributed by atoms with Crippen LogP contribution in [0.5, 0.6) is 0 Å². The lowest BCUT2D eigenvalue weighted by atomic mass is 9.77. The Bertz CT molecular complexity index is 729. The van der Waals surface area contributed by atoms with Gasteiger partial charge in [0.1, 0.15) is 5.82 Å². The molecule has 1 saturated carbocycles. The van der Waals surface area contributed by atoms with Crippen molar-refractivity contribution in [2.45, 2.75) is 96.8 Å². The summed E-state index contributed by atoms with van der Waals surface area (Å²) in [5, 5.41) is 0. The molecule has 0 bridgehead atoms. The van der Waals surface area contributed by atoms with Crippen LogP contribution in [0.3, 0.4) is 0 Å². The number of unbranched alkanes of at least 4 members (excludes halogenated alkanes) is 4. The molecule has 0 amide bonds. The van der Waals surface area contributed by atoms with Crippen molar-refractivity contribution in [2.24, 2.45) is 5.92 Å². The van der Waals surface area contributed by atoms with E-state index in [9.17, 15) is 4.39 Å². The molecule has 0 N–H and O–H groups in total. The van der Waals surface area contributed by atoms with Gasteiger partial charge in [-0.1, -0.05) is 64.5 Å². The lowest BCUT2D eigenvalue weighted by molar-refractivity contribution is 0.302. The third kappa shape index (κ3) is 6.39. The fraction of sp³-hybridized carbons (Fsp3) is 0.593. The monoisotopic (exact) mass is 395 g/mol. The van der Waals surface area contributed by atoms with E-state index in [4.69, 9.17) is 0 Å². The Hall–Kier alpha value is -1.70. The lowest BCUT2D eigenvalue weighted by Crippen LogP contribution is -2.13. The van der Waals surface area contributed by atoms with Crippen LogP contribution in [0, 0.1) is 11.7 Å². The molecule has 1 nitrogen and oxygen atoms in total. The second-order valence-corrected chi connectivity index (χ2v) is 8.96. The molecule has 3 rings (SSSR count). The number of hydrogen-bond acceptors (Lipinski definition) is 1. The molecule has 1 heterocycles. The SMILES string of the molecule is CCCCCCC1CCC(c2ccc(-c3ccc(CCCC)cc3F)nc2)CC1. The summed E-state index contributed by atoms with van der Waals surface area (Å²) in [6, 6.07) is 9.81. The van der Waals surface area contributed by atoms with Crippen LogP contribution in [0.15, 0.2) is 36.5 Å². The van der Waals surface area contributed by atoms with Crippen LogP contribution in [-0.2, 0) is 6.42 Å². The van der Waals surface area contributed by atoms with Gasteiger partial charge >= 0.3 is 0 Å². The fourth-order valence-corrected chi connectivity index (χ4v) is 4.75. The smallest absolute Gasteiger partial charge is 0.132 e. The third-order valence-electron chi connectivity index (χ3n) is 6.70. The fourth-order valence-electron chi connectivity index (χ4n) is 4.75. The van der Waals surface area contributed by atoms with Crippen LogP contribution in [0.1, 0.15) is 102 Å². The first-order chi connectivity index (χ1) is 14.2. The maximum Gasteiger partial charge on any atom is 0.132 e. The quantitative estimate of drug-likeness (QED) is 0.368. The van der Waals surface area contributed by atoms with Crippen molar-refractivity contribution in [2.75, 3.05) is 0 Å². The second-order valence-electron chi connectivity index (χ2n) is 8.96. The molecule has 0 aliphatic heterocycles. The largest absolute Gasteiger partial charge is 0.256 e. The summed E-state index contributed by atoms with van der Waals surface area (Å²) in [4.78, 5) is 4.63. The minimum atomic E-state index is -0.151. The van der Waals surface area contributed by atoms with E-state index in [-0.39, 0.29) is 5.82 Å². The molecule has 0 saturated heterocycles. The Morgan fingerprint density at radius 1 is 0.897 bits per heavy atom. The summed E-state index contributed by atoms with van der Waals surface area (Å²) in [6.07, 6.45) is 17.4. The van der Waals surface area contributed by atoms with Crippen molar-refractivity contribution in [3.8, 4) is 11.3 Å². The normalized spacial score (nSPS) is 19.4. The zero-order valence-electron chi connectivity index (χ0n) is 18.4. The van der Waals surface area contributed by atoms with Gasteiger partial charge in [-0.05, 0) is 79.7 Å². The standard InChI is InChI=1S/C27H38FN/c1-3-5-7-8-10-21-11-14-23(15-12-21)24-16-18-27(29-20-24)25-17-13-22(9-6-4-2)19-26(25)28/h13,16-21,23H,3-12,14-15H2,1-2H3. The summed E-state index contributed by atoms with van der Waals surface area (Å²) < 4.78 is 14.6. The van der Waals surface area contributed by atoms with Gasteiger partial charge < -0.3 is 0 Å². The second kappa shape index (κ2) is 11.5. The average Bonchev–Trinajstić information content (AvgIpc) is 2.76. The number of nitrogens with zero attached hydrogens (tertiary/aromatic N) is 1. The zero-order valence-corrected chi connectivity index (χ0v) is 18.4. The maximum atomic E-state index is 14.6. The first kappa shape index (κ1) is 22.0. The van der Waals surface area contributed by atoms with Crippen molar-refractivity contribution in [1.82, 2.24) is 4.98 Å². The molecule has 2 aromatic rings. The highest BCUT2D eigenvalue weighted by atomic mass is 19.1. The Morgan fingerprint density at radius 2 is 1.69 bits per heavy atom. The van der Waals surface area contributed by atoms with Crippen LogP contribution in [0.2, 0.25) is 0 Å². The summed E-state index contributed by atoms with van der Waals surface area (Å²) in [6.45, 7) is 4.44. The van der Waals surface area contributed by atoms with Gasteiger partial charge in [0.05, 0.1) is 5.69 Å². The van der Waals surface area contributed by atoms with E-state index >= 15 is 0 Å². The molecule has 0 radical (unpaired) electrons. The van der Waals surface area contributed by atoms with Crippen LogP contribution in [0.4, 0.5) is 4.39 Å². The Morgan fingerprint density at radius 3 is 2.34 bits per heavy atom. The number of aryl methyl sites for hydroxylation is 1. The van der Waals surface area contributed by atoms with Crippen LogP contribution in [0.25, 0.3) is 11.3 Å². The molecule has 1 aromatic heterocycles. The van der Waals surface area contributed by atoms with E-state index < -0.39 is 0 Å². The van der Waals surface area contributed by atoms with Crippen molar-refractivity contribution in [3.05, 3.63) is 53.5 Å². The van der Waals surface area contributed by atoms with Gasteiger partial charge in [0.2, 0.25) is 0 Å². The summed E-state index contributed by atoms with van der Waals surface area (Å²) >= 11 is 0. The molecule has 0 spiro atoms. The predicted molar refractivity (Wildman–Crippen MR) is 122 cm³/mol. The molecule has 0 unspecified atom stereocenters. The van der Waals surface area contributed by atoms with E-state index in [1.165, 1.54) is 63.4 Å². The number of aromatic nitrogens is 1. The topological polar surface area (TPSA) is 12.9 Å². The predicted octanol–water partition coefficient (Wildman–Crippen LogP) is 8.47. The molecule has 158 valence electrons. The van der Waals surface area contributed by atoms with Crippen molar-refractivity contribution in [1.29, 1.82) is 0 Å². The van der Waals surface area contributed by atoms with Gasteiger partial charge in [-0.2, -0.15) is 0 Å². The van der Waals surface area contributed by atoms with Gasteiger partial charge in [-0.25, -0.2) is 4.39 Å². The van der Waals surface area contributed by atoms with Crippen LogP contribution < -0.4 is 0 Å². The van der Waals surface area contributed by atoms with E-state index in [0.29, 0.717) is 11.5 Å². The average molecular weight is 396 g/mol. The molecular formula is C27H38FN. The zero-order chi connectivity index (χ0) is 20.5. The van der Waals surface area contributed by atoms with Crippen molar-refractivity contribution in [3.63, 3.8) is 0 Å². The summed E-state index contributed by atoms with van der Waals surface area (Å²) in [5.41, 5.74) is 3.78. The Kier molecular flexibility index (Phi) is 8.70. The molecule has 1 aliphatic carbocycles. The number of hydrogen-bond donors (Lipinski definition) is 0. The summed E-state index contributed by atoms with van der Waals surface area (Å²) in [5.74, 6) is 1.41. The van der Waals surface area contributed by atoms with Crippen molar-refractivity contribution < 1.29 is 4.39 Å². The molecule has 2 heteroatoms. The van der Waals surface area contributed by atoms with Crippen molar-refractivity contribution >= 4 is 0 Å². The van der Waals surface area contributed by atoms with Gasteiger partial charge in [-0.15, -0.1) is 0 Å². The Balaban J connectivity index is 1.54. The Labute approximate surface area is 177 Å². The van der Waals surface area contributed by atoms with E-state index in [2.05, 4.69) is 24.9 Å². The first-order valence-corrected chi connectivity index (χ1v) is 12.0. The third-order valence-corrected chi connectivity index (χ3v) is 6.70. The maximum absolute atomic E-state index is 14.6. The van der Waals surface area contributed by atoms with E-state index in [0.717, 1.165) is 36.4 Å². The molecule has 1 aromatic carbocycles. The van der Waals surface area contributed by atoms with Gasteiger partial charge in [0, 0.05) is 11.8 Å². The highest BCUT2D eigenvalue weighted by Gasteiger charge is 2.22. The van der Waals surface area contributed by atoms with E-state index in [1.807, 2.05) is 24.4 Å². The highest BCUT2D eigenvalue weighted by molar-refractivity contribution is 5.60. The lowest BCUT2D eigenvalue weighted by Gasteiger charge is -2.28. The summed E-state index contributed by atoms with van der Waals surface area (Å²) in [7, 11) is 0. The molecule has 1 aliphatic rings. The molecule has 0 atom stereocenters. The van der Waals surface area contributed by atoms with Gasteiger partial charge in [0.25, 0.3) is 0 Å². The minimum absolute atomic E-state index is 0.151. The number of pyridine rings is 1.